The molecular weight excluding hydrogens is 332 g/mol. The van der Waals surface area contributed by atoms with Crippen molar-refractivity contribution >= 4 is 21.8 Å². The van der Waals surface area contributed by atoms with E-state index in [0.29, 0.717) is 16.6 Å². The maximum Gasteiger partial charge on any atom is 0.254 e. The maximum atomic E-state index is 12.4. The molecule has 2 rings (SSSR count). The van der Waals surface area contributed by atoms with E-state index in [1.807, 2.05) is 37.3 Å². The quantitative estimate of drug-likeness (QED) is 0.816. The van der Waals surface area contributed by atoms with E-state index in [-0.39, 0.29) is 18.6 Å². The first kappa shape index (κ1) is 15.7. The molecule has 5 heteroatoms. The Morgan fingerprint density at radius 3 is 2.62 bits per heavy atom. The Morgan fingerprint density at radius 1 is 1.29 bits per heavy atom. The summed E-state index contributed by atoms with van der Waals surface area (Å²) in [4.78, 5) is 16.6. The van der Waals surface area contributed by atoms with Crippen molar-refractivity contribution in [3.8, 4) is 0 Å². The predicted molar refractivity (Wildman–Crippen MR) is 85.0 cm³/mol. The lowest BCUT2D eigenvalue weighted by molar-refractivity contribution is 0.0928. The third-order valence-electron chi connectivity index (χ3n) is 3.16. The summed E-state index contributed by atoms with van der Waals surface area (Å²) in [5, 5.41) is 12.1. The molecule has 0 aliphatic heterocycles. The number of aromatic nitrogens is 1. The van der Waals surface area contributed by atoms with Crippen LogP contribution in [0.3, 0.4) is 0 Å². The number of carbonyl (C=O) groups excluding carboxylic acids is 1. The summed E-state index contributed by atoms with van der Waals surface area (Å²) in [6, 6.07) is 12.9. The summed E-state index contributed by atoms with van der Waals surface area (Å²) < 4.78 is 0.524. The van der Waals surface area contributed by atoms with E-state index < -0.39 is 0 Å². The molecule has 1 atom stereocenters. The summed E-state index contributed by atoms with van der Waals surface area (Å²) in [5.41, 5.74) is 2.30. The fourth-order valence-electron chi connectivity index (χ4n) is 2.07. The van der Waals surface area contributed by atoms with Crippen molar-refractivity contribution in [2.45, 2.75) is 19.4 Å². The van der Waals surface area contributed by atoms with Crippen molar-refractivity contribution in [1.82, 2.24) is 10.3 Å². The highest BCUT2D eigenvalue weighted by Gasteiger charge is 2.17. The minimum Gasteiger partial charge on any atom is -0.396 e. The van der Waals surface area contributed by atoms with Crippen molar-refractivity contribution in [3.05, 3.63) is 63.9 Å². The molecule has 1 heterocycles. The van der Waals surface area contributed by atoms with Crippen molar-refractivity contribution in [3.63, 3.8) is 0 Å². The molecule has 0 fully saturated rings. The van der Waals surface area contributed by atoms with Gasteiger partial charge in [0.25, 0.3) is 5.91 Å². The van der Waals surface area contributed by atoms with E-state index in [9.17, 15) is 9.90 Å². The number of hydrogen-bond acceptors (Lipinski definition) is 3. The SMILES string of the molecule is Cc1ccc(C(=O)NC(CCO)c2ccccc2)c(Br)n1. The Morgan fingerprint density at radius 2 is 2.00 bits per heavy atom. The van der Waals surface area contributed by atoms with Crippen LogP contribution in [0.1, 0.15) is 34.1 Å². The van der Waals surface area contributed by atoms with E-state index in [0.717, 1.165) is 11.3 Å². The van der Waals surface area contributed by atoms with Gasteiger partial charge in [-0.1, -0.05) is 30.3 Å². The van der Waals surface area contributed by atoms with Crippen molar-refractivity contribution < 1.29 is 9.90 Å². The number of carbonyl (C=O) groups is 1. The van der Waals surface area contributed by atoms with Gasteiger partial charge >= 0.3 is 0 Å². The Hall–Kier alpha value is -1.72. The number of halogens is 1. The normalized spacial score (nSPS) is 12.0. The molecule has 1 unspecified atom stereocenters. The minimum atomic E-state index is -0.225. The maximum absolute atomic E-state index is 12.4. The van der Waals surface area contributed by atoms with E-state index in [1.54, 1.807) is 12.1 Å². The van der Waals surface area contributed by atoms with Gasteiger partial charge in [-0.25, -0.2) is 4.98 Å². The average Bonchev–Trinajstić information content (AvgIpc) is 2.47. The first-order valence-electron chi connectivity index (χ1n) is 6.71. The van der Waals surface area contributed by atoms with Crippen LogP contribution in [0.2, 0.25) is 0 Å². The third kappa shape index (κ3) is 4.12. The molecule has 0 aliphatic rings. The lowest BCUT2D eigenvalue weighted by Gasteiger charge is -2.18. The molecule has 0 saturated carbocycles. The molecule has 2 aromatic rings. The zero-order valence-corrected chi connectivity index (χ0v) is 13.3. The highest BCUT2D eigenvalue weighted by Crippen LogP contribution is 2.19. The molecule has 0 saturated heterocycles. The van der Waals surface area contributed by atoms with Gasteiger partial charge in [-0.2, -0.15) is 0 Å². The molecule has 0 spiro atoms. The zero-order valence-electron chi connectivity index (χ0n) is 11.7. The van der Waals surface area contributed by atoms with Gasteiger partial charge in [0.1, 0.15) is 4.60 Å². The topological polar surface area (TPSA) is 62.2 Å². The summed E-state index contributed by atoms with van der Waals surface area (Å²) >= 11 is 3.31. The minimum absolute atomic E-state index is 0.00710. The molecule has 0 aliphatic carbocycles. The molecule has 0 radical (unpaired) electrons. The number of nitrogens with one attached hydrogen (secondary N) is 1. The molecule has 1 aromatic heterocycles. The van der Waals surface area contributed by atoms with Gasteiger partial charge in [-0.15, -0.1) is 0 Å². The third-order valence-corrected chi connectivity index (χ3v) is 3.76. The number of aliphatic hydroxyl groups is 1. The number of benzene rings is 1. The Labute approximate surface area is 132 Å². The summed E-state index contributed by atoms with van der Waals surface area (Å²) in [5.74, 6) is -0.211. The van der Waals surface area contributed by atoms with Crippen LogP contribution in [-0.4, -0.2) is 22.6 Å². The van der Waals surface area contributed by atoms with Crippen molar-refractivity contribution in [2.75, 3.05) is 6.61 Å². The second-order valence-electron chi connectivity index (χ2n) is 4.74. The smallest absolute Gasteiger partial charge is 0.254 e. The number of hydrogen-bond donors (Lipinski definition) is 2. The number of pyridine rings is 1. The van der Waals surface area contributed by atoms with Crippen LogP contribution < -0.4 is 5.32 Å². The number of rotatable bonds is 5. The first-order chi connectivity index (χ1) is 10.1. The Balaban J connectivity index is 2.18. The monoisotopic (exact) mass is 348 g/mol. The van der Waals surface area contributed by atoms with E-state index in [1.165, 1.54) is 0 Å². The lowest BCUT2D eigenvalue weighted by atomic mass is 10.0. The number of amides is 1. The summed E-state index contributed by atoms with van der Waals surface area (Å²) in [6.45, 7) is 1.87. The molecule has 1 aromatic carbocycles. The molecule has 0 bridgehead atoms. The second kappa shape index (κ2) is 7.33. The van der Waals surface area contributed by atoms with Gasteiger partial charge in [0.2, 0.25) is 0 Å². The number of aryl methyl sites for hydroxylation is 1. The standard InChI is InChI=1S/C16H17BrN2O2/c1-11-7-8-13(15(17)18-11)16(21)19-14(9-10-20)12-5-3-2-4-6-12/h2-8,14,20H,9-10H2,1H3,(H,19,21). The number of aliphatic hydroxyl groups excluding tert-OH is 1. The van der Waals surface area contributed by atoms with Crippen LogP contribution in [0.15, 0.2) is 47.1 Å². The van der Waals surface area contributed by atoms with Gasteiger partial charge in [0.15, 0.2) is 0 Å². The van der Waals surface area contributed by atoms with Crippen LogP contribution >= 0.6 is 15.9 Å². The van der Waals surface area contributed by atoms with Gasteiger partial charge in [-0.05, 0) is 47.0 Å². The van der Waals surface area contributed by atoms with Crippen LogP contribution in [0, 0.1) is 6.92 Å². The lowest BCUT2D eigenvalue weighted by Crippen LogP contribution is -2.29. The molecule has 1 amide bonds. The molecule has 21 heavy (non-hydrogen) atoms. The van der Waals surface area contributed by atoms with Gasteiger partial charge in [0, 0.05) is 12.3 Å². The largest absolute Gasteiger partial charge is 0.396 e. The zero-order chi connectivity index (χ0) is 15.2. The highest BCUT2D eigenvalue weighted by molar-refractivity contribution is 9.10. The van der Waals surface area contributed by atoms with Gasteiger partial charge in [0.05, 0.1) is 11.6 Å². The average molecular weight is 349 g/mol. The predicted octanol–water partition coefficient (Wildman–Crippen LogP) is 3.01. The van der Waals surface area contributed by atoms with E-state index in [4.69, 9.17) is 0 Å². The summed E-state index contributed by atoms with van der Waals surface area (Å²) in [6.07, 6.45) is 0.465. The molecule has 110 valence electrons. The highest BCUT2D eigenvalue weighted by atomic mass is 79.9. The van der Waals surface area contributed by atoms with Gasteiger partial charge < -0.3 is 10.4 Å². The molecule has 4 nitrogen and oxygen atoms in total. The van der Waals surface area contributed by atoms with E-state index >= 15 is 0 Å². The van der Waals surface area contributed by atoms with Crippen LogP contribution in [-0.2, 0) is 0 Å². The van der Waals surface area contributed by atoms with Gasteiger partial charge in [-0.3, -0.25) is 4.79 Å². The fourth-order valence-corrected chi connectivity index (χ4v) is 2.66. The van der Waals surface area contributed by atoms with Crippen molar-refractivity contribution in [1.29, 1.82) is 0 Å². The van der Waals surface area contributed by atoms with Crippen LogP contribution in [0.4, 0.5) is 0 Å². The second-order valence-corrected chi connectivity index (χ2v) is 5.49. The first-order valence-corrected chi connectivity index (χ1v) is 7.51. The molecule has 2 N–H and O–H groups in total. The van der Waals surface area contributed by atoms with Crippen LogP contribution in [0.5, 0.6) is 0 Å². The Kier molecular flexibility index (Phi) is 5.47. The van der Waals surface area contributed by atoms with Crippen molar-refractivity contribution in [2.24, 2.45) is 0 Å². The summed E-state index contributed by atoms with van der Waals surface area (Å²) in [7, 11) is 0. The number of nitrogens with zero attached hydrogens (tertiary/aromatic N) is 1. The molecular formula is C16H17BrN2O2. The van der Waals surface area contributed by atoms with E-state index in [2.05, 4.69) is 26.2 Å². The Bertz CT molecular complexity index is 617. The van der Waals surface area contributed by atoms with Crippen LogP contribution in [0.25, 0.3) is 0 Å². The fraction of sp³-hybridized carbons (Fsp3) is 0.250.